The summed E-state index contributed by atoms with van der Waals surface area (Å²) in [5.74, 6) is 1.38. The third-order valence-corrected chi connectivity index (χ3v) is 5.84. The number of rotatable bonds is 4. The van der Waals surface area contributed by atoms with Crippen LogP contribution in [-0.4, -0.2) is 35.8 Å². The second-order valence-corrected chi connectivity index (χ2v) is 7.15. The molecule has 2 fully saturated rings. The zero-order chi connectivity index (χ0) is 14.8. The molecular formula is C17H24BrNO2. The average Bonchev–Trinajstić information content (AvgIpc) is 3.09. The summed E-state index contributed by atoms with van der Waals surface area (Å²) in [5, 5.41) is 10.2. The van der Waals surface area contributed by atoms with Gasteiger partial charge in [0.05, 0.1) is 13.2 Å². The van der Waals surface area contributed by atoms with Gasteiger partial charge in [0.2, 0.25) is 0 Å². The minimum atomic E-state index is -0.0932. The van der Waals surface area contributed by atoms with Crippen molar-refractivity contribution in [3.8, 4) is 5.75 Å². The van der Waals surface area contributed by atoms with Gasteiger partial charge >= 0.3 is 0 Å². The van der Waals surface area contributed by atoms with E-state index in [0.717, 1.165) is 29.7 Å². The second kappa shape index (κ2) is 6.67. The number of hydrogen-bond donors (Lipinski definition) is 1. The highest BCUT2D eigenvalue weighted by atomic mass is 79.9. The summed E-state index contributed by atoms with van der Waals surface area (Å²) in [4.78, 5) is 2.55. The molecule has 0 bridgehead atoms. The normalized spacial score (nSPS) is 30.0. The van der Waals surface area contributed by atoms with Crippen LogP contribution in [0.3, 0.4) is 0 Å². The maximum atomic E-state index is 10.2. The van der Waals surface area contributed by atoms with E-state index >= 15 is 0 Å². The third-order valence-electron chi connectivity index (χ3n) is 5.07. The maximum absolute atomic E-state index is 10.2. The van der Waals surface area contributed by atoms with Crippen molar-refractivity contribution in [2.45, 2.75) is 50.8 Å². The predicted octanol–water partition coefficient (Wildman–Crippen LogP) is 3.58. The number of methoxy groups -OCH3 is 1. The lowest BCUT2D eigenvalue weighted by Crippen LogP contribution is -2.38. The number of aliphatic hydroxyl groups excluding tert-OH is 1. The molecule has 0 amide bonds. The molecule has 0 aromatic heterocycles. The summed E-state index contributed by atoms with van der Waals surface area (Å²) < 4.78 is 6.48. The standard InChI is InChI=1S/C17H24BrNO2/c1-21-13-7-8-15(18)12(10-13)11-19-9-3-5-16(19)14-4-2-6-17(14)20/h7-8,10,14,16-17,20H,2-6,9,11H2,1H3. The molecule has 1 heterocycles. The van der Waals surface area contributed by atoms with Crippen LogP contribution < -0.4 is 4.74 Å². The van der Waals surface area contributed by atoms with Gasteiger partial charge in [-0.15, -0.1) is 0 Å². The molecule has 1 aliphatic heterocycles. The van der Waals surface area contributed by atoms with E-state index in [1.54, 1.807) is 7.11 Å². The van der Waals surface area contributed by atoms with E-state index in [2.05, 4.69) is 33.0 Å². The molecule has 1 saturated heterocycles. The van der Waals surface area contributed by atoms with Crippen molar-refractivity contribution >= 4 is 15.9 Å². The molecule has 21 heavy (non-hydrogen) atoms. The molecule has 1 aromatic rings. The van der Waals surface area contributed by atoms with Crippen LogP contribution in [0.2, 0.25) is 0 Å². The third kappa shape index (κ3) is 3.27. The van der Waals surface area contributed by atoms with Crippen LogP contribution in [0.4, 0.5) is 0 Å². The lowest BCUT2D eigenvalue weighted by molar-refractivity contribution is 0.0718. The van der Waals surface area contributed by atoms with Crippen molar-refractivity contribution in [3.63, 3.8) is 0 Å². The van der Waals surface area contributed by atoms with E-state index in [4.69, 9.17) is 4.74 Å². The van der Waals surface area contributed by atoms with E-state index in [1.165, 1.54) is 31.2 Å². The predicted molar refractivity (Wildman–Crippen MR) is 87.5 cm³/mol. The Labute approximate surface area is 135 Å². The van der Waals surface area contributed by atoms with Crippen molar-refractivity contribution in [1.82, 2.24) is 4.90 Å². The lowest BCUT2D eigenvalue weighted by atomic mass is 9.94. The van der Waals surface area contributed by atoms with Crippen LogP contribution >= 0.6 is 15.9 Å². The molecule has 1 aliphatic carbocycles. The van der Waals surface area contributed by atoms with Crippen molar-refractivity contribution in [2.24, 2.45) is 5.92 Å². The Morgan fingerprint density at radius 3 is 2.86 bits per heavy atom. The van der Waals surface area contributed by atoms with Gasteiger partial charge in [-0.1, -0.05) is 22.4 Å². The zero-order valence-electron chi connectivity index (χ0n) is 12.6. The topological polar surface area (TPSA) is 32.7 Å². The van der Waals surface area contributed by atoms with Crippen molar-refractivity contribution < 1.29 is 9.84 Å². The summed E-state index contributed by atoms with van der Waals surface area (Å²) >= 11 is 3.65. The number of hydrogen-bond acceptors (Lipinski definition) is 3. The van der Waals surface area contributed by atoms with E-state index in [1.807, 2.05) is 6.07 Å². The number of nitrogens with zero attached hydrogens (tertiary/aromatic N) is 1. The van der Waals surface area contributed by atoms with Gasteiger partial charge in [0, 0.05) is 23.0 Å². The number of halogens is 1. The van der Waals surface area contributed by atoms with Gasteiger partial charge in [0.15, 0.2) is 0 Å². The molecule has 3 unspecified atom stereocenters. The van der Waals surface area contributed by atoms with Crippen molar-refractivity contribution in [2.75, 3.05) is 13.7 Å². The van der Waals surface area contributed by atoms with E-state index < -0.39 is 0 Å². The van der Waals surface area contributed by atoms with Crippen molar-refractivity contribution in [3.05, 3.63) is 28.2 Å². The highest BCUT2D eigenvalue weighted by Crippen LogP contribution is 2.37. The van der Waals surface area contributed by atoms with Gasteiger partial charge in [-0.25, -0.2) is 0 Å². The Morgan fingerprint density at radius 1 is 1.29 bits per heavy atom. The van der Waals surface area contributed by atoms with Crippen LogP contribution in [0.15, 0.2) is 22.7 Å². The summed E-state index contributed by atoms with van der Waals surface area (Å²) in [6.07, 6.45) is 5.72. The quantitative estimate of drug-likeness (QED) is 0.897. The Kier molecular flexibility index (Phi) is 4.87. The number of ether oxygens (including phenoxy) is 1. The molecule has 3 atom stereocenters. The molecule has 4 heteroatoms. The Balaban J connectivity index is 1.74. The highest BCUT2D eigenvalue weighted by Gasteiger charge is 2.38. The molecule has 1 N–H and O–H groups in total. The van der Waals surface area contributed by atoms with Crippen LogP contribution in [-0.2, 0) is 6.54 Å². The number of aliphatic hydroxyl groups is 1. The van der Waals surface area contributed by atoms with E-state index in [0.29, 0.717) is 12.0 Å². The number of likely N-dealkylation sites (tertiary alicyclic amines) is 1. The number of benzene rings is 1. The Bertz CT molecular complexity index is 494. The van der Waals surface area contributed by atoms with Gasteiger partial charge in [0.1, 0.15) is 5.75 Å². The van der Waals surface area contributed by atoms with Crippen LogP contribution in [0.1, 0.15) is 37.7 Å². The van der Waals surface area contributed by atoms with Gasteiger partial charge < -0.3 is 9.84 Å². The van der Waals surface area contributed by atoms with E-state index in [9.17, 15) is 5.11 Å². The minimum Gasteiger partial charge on any atom is -0.497 e. The van der Waals surface area contributed by atoms with Crippen molar-refractivity contribution in [1.29, 1.82) is 0 Å². The fourth-order valence-corrected chi connectivity index (χ4v) is 4.34. The molecule has 0 spiro atoms. The second-order valence-electron chi connectivity index (χ2n) is 6.30. The van der Waals surface area contributed by atoms with Gasteiger partial charge in [-0.3, -0.25) is 4.90 Å². The molecule has 2 aliphatic rings. The molecule has 0 radical (unpaired) electrons. The van der Waals surface area contributed by atoms with Gasteiger partial charge in [-0.2, -0.15) is 0 Å². The molecule has 116 valence electrons. The minimum absolute atomic E-state index is 0.0932. The van der Waals surface area contributed by atoms with Crippen LogP contribution in [0, 0.1) is 5.92 Å². The first-order chi connectivity index (χ1) is 10.2. The van der Waals surface area contributed by atoms with Crippen LogP contribution in [0.5, 0.6) is 5.75 Å². The monoisotopic (exact) mass is 353 g/mol. The Morgan fingerprint density at radius 2 is 2.14 bits per heavy atom. The first-order valence-electron chi connectivity index (χ1n) is 7.93. The zero-order valence-corrected chi connectivity index (χ0v) is 14.2. The molecule has 3 rings (SSSR count). The molecule has 1 aromatic carbocycles. The highest BCUT2D eigenvalue weighted by molar-refractivity contribution is 9.10. The maximum Gasteiger partial charge on any atom is 0.119 e. The average molecular weight is 354 g/mol. The first-order valence-corrected chi connectivity index (χ1v) is 8.73. The molecular weight excluding hydrogens is 330 g/mol. The molecule has 1 saturated carbocycles. The van der Waals surface area contributed by atoms with Crippen LogP contribution in [0.25, 0.3) is 0 Å². The fourth-order valence-electron chi connectivity index (χ4n) is 3.97. The van der Waals surface area contributed by atoms with Gasteiger partial charge in [0.25, 0.3) is 0 Å². The summed E-state index contributed by atoms with van der Waals surface area (Å²) in [5.41, 5.74) is 1.27. The summed E-state index contributed by atoms with van der Waals surface area (Å²) in [6, 6.07) is 6.70. The van der Waals surface area contributed by atoms with Gasteiger partial charge in [-0.05, 0) is 56.0 Å². The lowest BCUT2D eigenvalue weighted by Gasteiger charge is -2.31. The molecule has 3 nitrogen and oxygen atoms in total. The van der Waals surface area contributed by atoms with E-state index in [-0.39, 0.29) is 6.10 Å². The first kappa shape index (κ1) is 15.3. The largest absolute Gasteiger partial charge is 0.497 e. The fraction of sp³-hybridized carbons (Fsp3) is 0.647. The Hall–Kier alpha value is -0.580. The summed E-state index contributed by atoms with van der Waals surface area (Å²) in [6.45, 7) is 2.07. The SMILES string of the molecule is COc1ccc(Br)c(CN2CCCC2C2CCCC2O)c1. The smallest absolute Gasteiger partial charge is 0.119 e. The summed E-state index contributed by atoms with van der Waals surface area (Å²) in [7, 11) is 1.71.